The maximum atomic E-state index is 12.7. The summed E-state index contributed by atoms with van der Waals surface area (Å²) >= 11 is 0. The molecular formula is C9H13FN2O. The van der Waals surface area contributed by atoms with Gasteiger partial charge in [-0.05, 0) is 6.92 Å². The Morgan fingerprint density at radius 3 is 2.46 bits per heavy atom. The van der Waals surface area contributed by atoms with Crippen molar-refractivity contribution in [3.8, 4) is 0 Å². The Kier molecular flexibility index (Phi) is 4.66. The minimum absolute atomic E-state index is 0.0481. The number of carbonyl (C=O) groups is 1. The normalized spacial score (nSPS) is 8.62. The van der Waals surface area contributed by atoms with Gasteiger partial charge in [-0.3, -0.25) is 9.78 Å². The molecule has 0 radical (unpaired) electrons. The van der Waals surface area contributed by atoms with Gasteiger partial charge < -0.3 is 5.73 Å². The van der Waals surface area contributed by atoms with Crippen LogP contribution in [0.2, 0.25) is 0 Å². The van der Waals surface area contributed by atoms with Gasteiger partial charge in [0.25, 0.3) is 5.91 Å². The third kappa shape index (κ3) is 3.19. The van der Waals surface area contributed by atoms with Gasteiger partial charge in [-0.25, -0.2) is 4.39 Å². The van der Waals surface area contributed by atoms with Gasteiger partial charge in [0, 0.05) is 17.8 Å². The molecule has 2 N–H and O–H groups in total. The Bertz CT molecular complexity index is 300. The van der Waals surface area contributed by atoms with Crippen molar-refractivity contribution in [1.82, 2.24) is 4.98 Å². The van der Waals surface area contributed by atoms with E-state index in [4.69, 9.17) is 5.73 Å². The van der Waals surface area contributed by atoms with Crippen molar-refractivity contribution in [3.05, 3.63) is 29.3 Å². The number of aryl methyl sites for hydroxylation is 1. The first-order valence-corrected chi connectivity index (χ1v) is 4.03. The van der Waals surface area contributed by atoms with Crippen LogP contribution in [0.1, 0.15) is 29.9 Å². The topological polar surface area (TPSA) is 56.0 Å². The predicted octanol–water partition coefficient (Wildman–Crippen LogP) is 1.65. The maximum Gasteiger partial charge on any atom is 0.267 e. The first kappa shape index (κ1) is 11.6. The van der Waals surface area contributed by atoms with Crippen LogP contribution in [-0.2, 0) is 0 Å². The SMILES string of the molecule is CC.Cc1cnc(C(N)=O)cc1F. The second-order valence-electron chi connectivity index (χ2n) is 2.18. The zero-order chi connectivity index (χ0) is 10.4. The summed E-state index contributed by atoms with van der Waals surface area (Å²) < 4.78 is 12.7. The molecular weight excluding hydrogens is 171 g/mol. The van der Waals surface area contributed by atoms with Crippen LogP contribution in [0.25, 0.3) is 0 Å². The highest BCUT2D eigenvalue weighted by molar-refractivity contribution is 5.90. The predicted molar refractivity (Wildman–Crippen MR) is 48.8 cm³/mol. The van der Waals surface area contributed by atoms with Crippen LogP contribution in [0.3, 0.4) is 0 Å². The molecule has 0 fully saturated rings. The van der Waals surface area contributed by atoms with Gasteiger partial charge >= 0.3 is 0 Å². The Hall–Kier alpha value is -1.45. The average Bonchev–Trinajstić information content (AvgIpc) is 2.13. The molecule has 0 aliphatic heterocycles. The third-order valence-corrected chi connectivity index (χ3v) is 1.29. The highest BCUT2D eigenvalue weighted by Crippen LogP contribution is 2.04. The molecule has 0 aliphatic carbocycles. The molecule has 1 aromatic heterocycles. The van der Waals surface area contributed by atoms with E-state index in [0.717, 1.165) is 6.07 Å². The molecule has 0 spiro atoms. The van der Waals surface area contributed by atoms with Crippen molar-refractivity contribution in [1.29, 1.82) is 0 Å². The second-order valence-corrected chi connectivity index (χ2v) is 2.18. The first-order chi connectivity index (χ1) is 6.11. The second kappa shape index (κ2) is 5.24. The largest absolute Gasteiger partial charge is 0.364 e. The summed E-state index contributed by atoms with van der Waals surface area (Å²) in [6.45, 7) is 5.56. The summed E-state index contributed by atoms with van der Waals surface area (Å²) in [5, 5.41) is 0. The molecule has 0 bridgehead atoms. The van der Waals surface area contributed by atoms with Crippen molar-refractivity contribution in [3.63, 3.8) is 0 Å². The fourth-order valence-corrected chi connectivity index (χ4v) is 0.634. The molecule has 0 saturated heterocycles. The molecule has 1 amide bonds. The Balaban J connectivity index is 0.000000671. The number of nitrogens with zero attached hydrogens (tertiary/aromatic N) is 1. The van der Waals surface area contributed by atoms with E-state index in [0.29, 0.717) is 5.56 Å². The summed E-state index contributed by atoms with van der Waals surface area (Å²) in [5.74, 6) is -1.18. The van der Waals surface area contributed by atoms with Gasteiger partial charge in [0.15, 0.2) is 0 Å². The minimum Gasteiger partial charge on any atom is -0.364 e. The Labute approximate surface area is 76.8 Å². The fraction of sp³-hybridized carbons (Fsp3) is 0.333. The lowest BCUT2D eigenvalue weighted by molar-refractivity contribution is 0.0995. The summed E-state index contributed by atoms with van der Waals surface area (Å²) in [5.41, 5.74) is 5.21. The van der Waals surface area contributed by atoms with Crippen LogP contribution in [-0.4, -0.2) is 10.9 Å². The first-order valence-electron chi connectivity index (χ1n) is 4.03. The van der Waals surface area contributed by atoms with Crippen LogP contribution in [0.5, 0.6) is 0 Å². The van der Waals surface area contributed by atoms with E-state index in [-0.39, 0.29) is 5.69 Å². The molecule has 1 aromatic rings. The molecule has 0 saturated carbocycles. The van der Waals surface area contributed by atoms with Crippen molar-refractivity contribution < 1.29 is 9.18 Å². The smallest absolute Gasteiger partial charge is 0.267 e. The van der Waals surface area contributed by atoms with Crippen LogP contribution < -0.4 is 5.73 Å². The minimum atomic E-state index is -0.719. The molecule has 1 rings (SSSR count). The number of primary amides is 1. The number of carbonyl (C=O) groups excluding carboxylic acids is 1. The van der Waals surface area contributed by atoms with E-state index in [9.17, 15) is 9.18 Å². The van der Waals surface area contributed by atoms with E-state index in [2.05, 4.69) is 4.98 Å². The number of hydrogen-bond acceptors (Lipinski definition) is 2. The van der Waals surface area contributed by atoms with Crippen LogP contribution in [0.15, 0.2) is 12.3 Å². The fourth-order valence-electron chi connectivity index (χ4n) is 0.634. The molecule has 0 atom stereocenters. The van der Waals surface area contributed by atoms with Gasteiger partial charge in [-0.15, -0.1) is 0 Å². The Morgan fingerprint density at radius 2 is 2.08 bits per heavy atom. The van der Waals surface area contributed by atoms with E-state index in [1.165, 1.54) is 6.20 Å². The van der Waals surface area contributed by atoms with Crippen LogP contribution in [0, 0.1) is 12.7 Å². The number of rotatable bonds is 1. The van der Waals surface area contributed by atoms with Crippen molar-refractivity contribution in [2.75, 3.05) is 0 Å². The quantitative estimate of drug-likeness (QED) is 0.721. The van der Waals surface area contributed by atoms with Gasteiger partial charge in [-0.2, -0.15) is 0 Å². The molecule has 0 aliphatic rings. The van der Waals surface area contributed by atoms with Gasteiger partial charge in [-0.1, -0.05) is 13.8 Å². The summed E-state index contributed by atoms with van der Waals surface area (Å²) in [6.07, 6.45) is 1.27. The maximum absolute atomic E-state index is 12.7. The van der Waals surface area contributed by atoms with E-state index >= 15 is 0 Å². The zero-order valence-electron chi connectivity index (χ0n) is 7.97. The van der Waals surface area contributed by atoms with Crippen LogP contribution >= 0.6 is 0 Å². The van der Waals surface area contributed by atoms with Crippen molar-refractivity contribution >= 4 is 5.91 Å². The van der Waals surface area contributed by atoms with Gasteiger partial charge in [0.2, 0.25) is 0 Å². The lowest BCUT2D eigenvalue weighted by Gasteiger charge is -1.96. The van der Waals surface area contributed by atoms with Crippen molar-refractivity contribution in [2.45, 2.75) is 20.8 Å². The summed E-state index contributed by atoms with van der Waals surface area (Å²) in [4.78, 5) is 14.1. The molecule has 3 nitrogen and oxygen atoms in total. The molecule has 72 valence electrons. The molecule has 13 heavy (non-hydrogen) atoms. The monoisotopic (exact) mass is 184 g/mol. The summed E-state index contributed by atoms with van der Waals surface area (Å²) in [7, 11) is 0. The average molecular weight is 184 g/mol. The highest BCUT2D eigenvalue weighted by Gasteiger charge is 2.04. The van der Waals surface area contributed by atoms with E-state index in [1.54, 1.807) is 6.92 Å². The highest BCUT2D eigenvalue weighted by atomic mass is 19.1. The van der Waals surface area contributed by atoms with E-state index in [1.807, 2.05) is 13.8 Å². The number of amides is 1. The van der Waals surface area contributed by atoms with E-state index < -0.39 is 11.7 Å². The third-order valence-electron chi connectivity index (χ3n) is 1.29. The number of aromatic nitrogens is 1. The Morgan fingerprint density at radius 1 is 1.54 bits per heavy atom. The molecule has 1 heterocycles. The number of hydrogen-bond donors (Lipinski definition) is 1. The number of halogens is 1. The van der Waals surface area contributed by atoms with Gasteiger partial charge in [0.05, 0.1) is 0 Å². The van der Waals surface area contributed by atoms with Crippen molar-refractivity contribution in [2.24, 2.45) is 5.73 Å². The zero-order valence-corrected chi connectivity index (χ0v) is 7.97. The summed E-state index contributed by atoms with van der Waals surface area (Å²) in [6, 6.07) is 1.03. The molecule has 0 aromatic carbocycles. The number of pyridine rings is 1. The van der Waals surface area contributed by atoms with Crippen LogP contribution in [0.4, 0.5) is 4.39 Å². The lowest BCUT2D eigenvalue weighted by Crippen LogP contribution is -2.13. The molecule has 4 heteroatoms. The molecule has 0 unspecified atom stereocenters. The number of nitrogens with two attached hydrogens (primary N) is 1. The van der Waals surface area contributed by atoms with Gasteiger partial charge in [0.1, 0.15) is 11.5 Å². The standard InChI is InChI=1S/C7H7FN2O.C2H6/c1-4-3-10-6(7(9)11)2-5(4)8;1-2/h2-3H,1H3,(H2,9,11);1-2H3. The lowest BCUT2D eigenvalue weighted by atomic mass is 10.2.